The molecule has 0 aliphatic carbocycles. The molecule has 0 unspecified atom stereocenters. The van der Waals surface area contributed by atoms with Gasteiger partial charge in [-0.15, -0.1) is 0 Å². The number of amides is 1. The average molecular weight is 340 g/mol. The summed E-state index contributed by atoms with van der Waals surface area (Å²) in [6.07, 6.45) is 1.34. The van der Waals surface area contributed by atoms with E-state index >= 15 is 0 Å². The van der Waals surface area contributed by atoms with Crippen molar-refractivity contribution in [1.29, 1.82) is 0 Å². The molecule has 0 bridgehead atoms. The Morgan fingerprint density at radius 1 is 1.12 bits per heavy atom. The number of aromatic nitrogens is 2. The second-order valence-corrected chi connectivity index (χ2v) is 6.92. The van der Waals surface area contributed by atoms with Crippen LogP contribution in [0.1, 0.15) is 34.5 Å². The lowest BCUT2D eigenvalue weighted by atomic mass is 10.1. The Labute approximate surface area is 150 Å². The number of nitrogens with zero attached hydrogens (tertiary/aromatic N) is 3. The quantitative estimate of drug-likeness (QED) is 0.908. The topological polar surface area (TPSA) is 50.2 Å². The molecule has 1 aromatic heterocycles. The Balaban J connectivity index is 1.65. The smallest absolute Gasteiger partial charge is 0.222 e. The van der Waals surface area contributed by atoms with Crippen LogP contribution >= 0.6 is 0 Å². The van der Waals surface area contributed by atoms with Crippen LogP contribution < -0.4 is 5.32 Å². The number of nitrogens with one attached hydrogen (secondary N) is 1. The van der Waals surface area contributed by atoms with Crippen LogP contribution in [0.2, 0.25) is 0 Å². The van der Waals surface area contributed by atoms with Crippen molar-refractivity contribution in [3.63, 3.8) is 0 Å². The number of piperazine rings is 1. The highest BCUT2D eigenvalue weighted by atomic mass is 16.2. The van der Waals surface area contributed by atoms with Gasteiger partial charge in [-0.25, -0.2) is 0 Å². The Morgan fingerprint density at radius 2 is 1.80 bits per heavy atom. The van der Waals surface area contributed by atoms with Crippen LogP contribution in [0.4, 0.5) is 0 Å². The van der Waals surface area contributed by atoms with Crippen LogP contribution in [0.5, 0.6) is 0 Å². The lowest BCUT2D eigenvalue weighted by Gasteiger charge is -2.27. The van der Waals surface area contributed by atoms with E-state index in [1.54, 1.807) is 0 Å². The van der Waals surface area contributed by atoms with Crippen molar-refractivity contribution in [2.45, 2.75) is 40.2 Å². The van der Waals surface area contributed by atoms with Gasteiger partial charge in [0.2, 0.25) is 5.91 Å². The zero-order valence-electron chi connectivity index (χ0n) is 15.5. The van der Waals surface area contributed by atoms with Crippen molar-refractivity contribution in [3.8, 4) is 0 Å². The fourth-order valence-electron chi connectivity index (χ4n) is 3.42. The van der Waals surface area contributed by atoms with E-state index in [1.165, 1.54) is 22.4 Å². The van der Waals surface area contributed by atoms with Gasteiger partial charge >= 0.3 is 0 Å². The molecule has 2 aromatic rings. The summed E-state index contributed by atoms with van der Waals surface area (Å²) in [4.78, 5) is 14.4. The number of carbonyl (C=O) groups excluding carboxylic acids is 1. The number of benzene rings is 1. The van der Waals surface area contributed by atoms with Gasteiger partial charge in [0.05, 0.1) is 12.2 Å². The number of rotatable bonds is 5. The van der Waals surface area contributed by atoms with E-state index in [4.69, 9.17) is 5.10 Å². The normalized spacial score (nSPS) is 14.8. The first-order valence-corrected chi connectivity index (χ1v) is 9.11. The molecular weight excluding hydrogens is 312 g/mol. The lowest BCUT2D eigenvalue weighted by molar-refractivity contribution is -0.131. The molecule has 2 heterocycles. The van der Waals surface area contributed by atoms with E-state index in [0.717, 1.165) is 44.8 Å². The van der Waals surface area contributed by atoms with Crippen LogP contribution in [-0.2, 0) is 17.8 Å². The molecule has 0 spiro atoms. The maximum Gasteiger partial charge on any atom is 0.222 e. The van der Waals surface area contributed by atoms with Gasteiger partial charge in [0.25, 0.3) is 0 Å². The summed E-state index contributed by atoms with van der Waals surface area (Å²) in [5.74, 6) is 0.256. The number of hydrogen-bond donors (Lipinski definition) is 1. The molecule has 134 valence electrons. The molecule has 1 saturated heterocycles. The summed E-state index contributed by atoms with van der Waals surface area (Å²) in [6, 6.07) is 8.57. The number of carbonyl (C=O) groups is 1. The van der Waals surface area contributed by atoms with Gasteiger partial charge in [-0.3, -0.25) is 9.48 Å². The Kier molecular flexibility index (Phi) is 5.53. The highest BCUT2D eigenvalue weighted by Gasteiger charge is 2.18. The molecule has 25 heavy (non-hydrogen) atoms. The van der Waals surface area contributed by atoms with Crippen molar-refractivity contribution >= 4 is 5.91 Å². The summed E-state index contributed by atoms with van der Waals surface area (Å²) in [5, 5.41) is 7.98. The average Bonchev–Trinajstić information content (AvgIpc) is 2.89. The van der Waals surface area contributed by atoms with Gasteiger partial charge in [0.15, 0.2) is 0 Å². The monoisotopic (exact) mass is 340 g/mol. The minimum Gasteiger partial charge on any atom is -0.340 e. The first-order chi connectivity index (χ1) is 12.0. The maximum atomic E-state index is 12.4. The zero-order chi connectivity index (χ0) is 17.8. The van der Waals surface area contributed by atoms with Crippen LogP contribution in [0.3, 0.4) is 0 Å². The molecule has 1 amide bonds. The van der Waals surface area contributed by atoms with Gasteiger partial charge in [-0.1, -0.05) is 29.8 Å². The lowest BCUT2D eigenvalue weighted by Crippen LogP contribution is -2.46. The second-order valence-electron chi connectivity index (χ2n) is 6.92. The summed E-state index contributed by atoms with van der Waals surface area (Å²) in [5.41, 5.74) is 5.95. The minimum atomic E-state index is 0.256. The van der Waals surface area contributed by atoms with Gasteiger partial charge in [0.1, 0.15) is 0 Å². The summed E-state index contributed by atoms with van der Waals surface area (Å²) >= 11 is 0. The van der Waals surface area contributed by atoms with Crippen molar-refractivity contribution in [3.05, 3.63) is 52.3 Å². The largest absolute Gasteiger partial charge is 0.340 e. The van der Waals surface area contributed by atoms with Crippen molar-refractivity contribution < 1.29 is 4.79 Å². The number of hydrogen-bond acceptors (Lipinski definition) is 3. The van der Waals surface area contributed by atoms with Gasteiger partial charge < -0.3 is 10.2 Å². The first kappa shape index (κ1) is 17.7. The van der Waals surface area contributed by atoms with Crippen molar-refractivity contribution in [2.24, 2.45) is 0 Å². The predicted molar refractivity (Wildman–Crippen MR) is 99.8 cm³/mol. The molecule has 1 aliphatic heterocycles. The van der Waals surface area contributed by atoms with Crippen LogP contribution in [-0.4, -0.2) is 46.8 Å². The van der Waals surface area contributed by atoms with Crippen molar-refractivity contribution in [2.75, 3.05) is 26.2 Å². The molecule has 5 heteroatoms. The fourth-order valence-corrected chi connectivity index (χ4v) is 3.42. The molecular formula is C20H28N4O. The van der Waals surface area contributed by atoms with Gasteiger partial charge in [-0.05, 0) is 38.3 Å². The second kappa shape index (κ2) is 7.83. The van der Waals surface area contributed by atoms with E-state index in [1.807, 2.05) is 11.8 Å². The molecule has 1 N–H and O–H groups in total. The third-order valence-corrected chi connectivity index (χ3v) is 5.04. The molecule has 1 aromatic carbocycles. The maximum absolute atomic E-state index is 12.4. The summed E-state index contributed by atoms with van der Waals surface area (Å²) in [6.45, 7) is 10.5. The zero-order valence-corrected chi connectivity index (χ0v) is 15.5. The van der Waals surface area contributed by atoms with E-state index in [-0.39, 0.29) is 5.91 Å². The Hall–Kier alpha value is -2.14. The van der Waals surface area contributed by atoms with E-state index in [0.29, 0.717) is 6.42 Å². The van der Waals surface area contributed by atoms with E-state index in [9.17, 15) is 4.79 Å². The molecule has 0 atom stereocenters. The number of aryl methyl sites for hydroxylation is 2. The predicted octanol–water partition coefficient (Wildman–Crippen LogP) is 2.22. The van der Waals surface area contributed by atoms with Crippen LogP contribution in [0.15, 0.2) is 24.3 Å². The minimum absolute atomic E-state index is 0.256. The Bertz CT molecular complexity index is 727. The third-order valence-electron chi connectivity index (χ3n) is 5.04. The first-order valence-electron chi connectivity index (χ1n) is 9.11. The van der Waals surface area contributed by atoms with Crippen LogP contribution in [0.25, 0.3) is 0 Å². The molecule has 5 nitrogen and oxygen atoms in total. The van der Waals surface area contributed by atoms with Crippen LogP contribution in [0, 0.1) is 20.8 Å². The summed E-state index contributed by atoms with van der Waals surface area (Å²) in [7, 11) is 0. The standard InChI is InChI=1S/C20H28N4O/c1-15-4-6-18(7-5-15)14-24-17(3)19(16(2)22-24)8-9-20(25)23-12-10-21-11-13-23/h4-7,21H,8-14H2,1-3H3. The fraction of sp³-hybridized carbons (Fsp3) is 0.500. The molecule has 1 fully saturated rings. The van der Waals surface area contributed by atoms with Crippen molar-refractivity contribution in [1.82, 2.24) is 20.0 Å². The molecule has 0 radical (unpaired) electrons. The highest BCUT2D eigenvalue weighted by Crippen LogP contribution is 2.17. The summed E-state index contributed by atoms with van der Waals surface area (Å²) < 4.78 is 2.06. The third kappa shape index (κ3) is 4.28. The Morgan fingerprint density at radius 3 is 2.48 bits per heavy atom. The molecule has 0 saturated carbocycles. The SMILES string of the molecule is Cc1ccc(Cn2nc(C)c(CCC(=O)N3CCNCC3)c2C)cc1. The van der Waals surface area contributed by atoms with E-state index in [2.05, 4.69) is 48.1 Å². The van der Waals surface area contributed by atoms with E-state index < -0.39 is 0 Å². The van der Waals surface area contributed by atoms with Gasteiger partial charge in [0, 0.05) is 38.3 Å². The molecule has 1 aliphatic rings. The molecule has 3 rings (SSSR count). The van der Waals surface area contributed by atoms with Gasteiger partial charge in [-0.2, -0.15) is 5.10 Å². The highest BCUT2D eigenvalue weighted by molar-refractivity contribution is 5.76.